The standard InChI is InChI=1S/C37H36N3O2S2.BF4/c1-3-4-7-34(26-39-23-22-38(2)27-39)42-37(41)30-14-20-33(21-15-30)40(31-16-10-28(11-17-31)35-8-5-24-43-35)32-18-12-29(13-19-32)36-9-6-25-44-36;2-1(3,4)5/h5-6,8-25,27,34H,3-4,7,26H2,1-2H3;/q+1;-1. The van der Waals surface area contributed by atoms with Crippen molar-refractivity contribution in [2.24, 2.45) is 7.05 Å². The van der Waals surface area contributed by atoms with E-state index < -0.39 is 7.25 Å². The Morgan fingerprint density at radius 3 is 1.71 bits per heavy atom. The van der Waals surface area contributed by atoms with Gasteiger partial charge in [0, 0.05) is 26.8 Å². The molecule has 1 unspecified atom stereocenters. The van der Waals surface area contributed by atoms with Crippen LogP contribution in [0.2, 0.25) is 0 Å². The van der Waals surface area contributed by atoms with E-state index in [4.69, 9.17) is 4.74 Å². The van der Waals surface area contributed by atoms with Crippen molar-refractivity contribution in [1.82, 2.24) is 4.57 Å². The molecule has 0 spiro atoms. The van der Waals surface area contributed by atoms with Gasteiger partial charge in [0.2, 0.25) is 6.33 Å². The Labute approximate surface area is 291 Å². The van der Waals surface area contributed by atoms with Crippen LogP contribution in [0.1, 0.15) is 36.5 Å². The summed E-state index contributed by atoms with van der Waals surface area (Å²) in [4.78, 5) is 18.0. The quantitative estimate of drug-likeness (QED) is 0.0551. The predicted molar refractivity (Wildman–Crippen MR) is 192 cm³/mol. The van der Waals surface area contributed by atoms with E-state index >= 15 is 0 Å². The van der Waals surface area contributed by atoms with Crippen LogP contribution < -0.4 is 9.47 Å². The number of thiophene rings is 2. The summed E-state index contributed by atoms with van der Waals surface area (Å²) in [6.07, 6.45) is 8.73. The van der Waals surface area contributed by atoms with Crippen LogP contribution in [0.3, 0.4) is 0 Å². The number of carbonyl (C=O) groups is 1. The van der Waals surface area contributed by atoms with E-state index in [1.165, 1.54) is 20.9 Å². The van der Waals surface area contributed by atoms with E-state index in [0.717, 1.165) is 36.3 Å². The van der Waals surface area contributed by atoms with Gasteiger partial charge in [0.25, 0.3) is 0 Å². The minimum atomic E-state index is -6.00. The molecule has 49 heavy (non-hydrogen) atoms. The molecule has 0 saturated carbocycles. The third-order valence-corrected chi connectivity index (χ3v) is 9.45. The number of anilines is 3. The van der Waals surface area contributed by atoms with Crippen molar-refractivity contribution in [2.75, 3.05) is 4.90 Å². The summed E-state index contributed by atoms with van der Waals surface area (Å²) in [6, 6.07) is 33.5. The molecule has 254 valence electrons. The van der Waals surface area contributed by atoms with E-state index in [-0.39, 0.29) is 12.1 Å². The first-order valence-corrected chi connectivity index (χ1v) is 17.6. The van der Waals surface area contributed by atoms with Crippen LogP contribution in [0, 0.1) is 0 Å². The first kappa shape index (κ1) is 35.6. The van der Waals surface area contributed by atoms with Crippen LogP contribution in [-0.2, 0) is 18.3 Å². The molecule has 0 aliphatic rings. The lowest BCUT2D eigenvalue weighted by Crippen LogP contribution is -2.27. The number of rotatable bonds is 12. The van der Waals surface area contributed by atoms with Crippen molar-refractivity contribution >= 4 is 53.0 Å². The SMILES string of the molecule is CCCCC(Cn1cc[n+](C)c1)OC(=O)c1ccc(N(c2ccc(-c3cccs3)cc2)c2ccc(-c3cccs3)cc2)cc1.F[B-](F)(F)F. The zero-order valence-corrected chi connectivity index (χ0v) is 28.7. The highest BCUT2D eigenvalue weighted by atomic mass is 32.1. The Morgan fingerprint density at radius 2 is 1.31 bits per heavy atom. The fourth-order valence-corrected chi connectivity index (χ4v) is 6.78. The Hall–Kier alpha value is -4.68. The van der Waals surface area contributed by atoms with Gasteiger partial charge in [0.1, 0.15) is 25.0 Å². The summed E-state index contributed by atoms with van der Waals surface area (Å²) < 4.78 is 49.1. The van der Waals surface area contributed by atoms with E-state index in [0.29, 0.717) is 12.1 Å². The molecule has 0 aliphatic carbocycles. The monoisotopic (exact) mass is 705 g/mol. The van der Waals surface area contributed by atoms with Crippen molar-refractivity contribution in [3.05, 3.63) is 132 Å². The molecule has 6 aromatic rings. The maximum atomic E-state index is 13.3. The molecule has 6 rings (SSSR count). The maximum absolute atomic E-state index is 13.3. The van der Waals surface area contributed by atoms with E-state index in [2.05, 4.69) is 99.9 Å². The fraction of sp³-hybridized carbons (Fsp3) is 0.189. The van der Waals surface area contributed by atoms with Gasteiger partial charge in [-0.2, -0.15) is 0 Å². The van der Waals surface area contributed by atoms with Gasteiger partial charge >= 0.3 is 13.2 Å². The van der Waals surface area contributed by atoms with Crippen molar-refractivity contribution in [3.8, 4) is 20.9 Å². The lowest BCUT2D eigenvalue weighted by atomic mass is 10.1. The summed E-state index contributed by atoms with van der Waals surface area (Å²) in [6.45, 7) is 2.80. The third-order valence-electron chi connectivity index (χ3n) is 7.62. The molecule has 0 N–H and O–H groups in total. The Kier molecular flexibility index (Phi) is 12.1. The van der Waals surface area contributed by atoms with Crippen molar-refractivity contribution in [3.63, 3.8) is 0 Å². The number of hydrogen-bond acceptors (Lipinski definition) is 5. The van der Waals surface area contributed by atoms with Crippen LogP contribution in [0.15, 0.2) is 127 Å². The van der Waals surface area contributed by atoms with Crippen LogP contribution in [-0.4, -0.2) is 23.9 Å². The van der Waals surface area contributed by atoms with Gasteiger partial charge in [-0.25, -0.2) is 13.9 Å². The smallest absolute Gasteiger partial charge is 0.455 e. The molecule has 0 amide bonds. The lowest BCUT2D eigenvalue weighted by Gasteiger charge is -2.26. The summed E-state index contributed by atoms with van der Waals surface area (Å²) in [7, 11) is -4.01. The highest BCUT2D eigenvalue weighted by Crippen LogP contribution is 2.37. The van der Waals surface area contributed by atoms with Gasteiger partial charge in [0.15, 0.2) is 0 Å². The zero-order valence-electron chi connectivity index (χ0n) is 27.1. The number of aromatic nitrogens is 2. The first-order valence-electron chi connectivity index (χ1n) is 15.8. The van der Waals surface area contributed by atoms with Crippen molar-refractivity contribution < 1.29 is 31.4 Å². The molecule has 3 aromatic carbocycles. The summed E-state index contributed by atoms with van der Waals surface area (Å²) >= 11 is 3.48. The highest BCUT2D eigenvalue weighted by molar-refractivity contribution is 7.13. The predicted octanol–water partition coefficient (Wildman–Crippen LogP) is 11.0. The normalized spacial score (nSPS) is 11.8. The summed E-state index contributed by atoms with van der Waals surface area (Å²) in [5.74, 6) is -0.290. The zero-order chi connectivity index (χ0) is 34.8. The number of aryl methyl sites for hydroxylation is 1. The van der Waals surface area contributed by atoms with E-state index in [9.17, 15) is 22.1 Å². The van der Waals surface area contributed by atoms with Crippen LogP contribution in [0.4, 0.5) is 34.3 Å². The van der Waals surface area contributed by atoms with E-state index in [1.54, 1.807) is 22.7 Å². The lowest BCUT2D eigenvalue weighted by molar-refractivity contribution is -0.671. The molecule has 0 fully saturated rings. The number of esters is 1. The van der Waals surface area contributed by atoms with Gasteiger partial charge in [0.05, 0.1) is 12.6 Å². The molecular formula is C37H36BF4N3O2S2. The van der Waals surface area contributed by atoms with E-state index in [1.807, 2.05) is 54.6 Å². The Morgan fingerprint density at radius 1 is 0.816 bits per heavy atom. The average molecular weight is 706 g/mol. The largest absolute Gasteiger partial charge is 0.673 e. The van der Waals surface area contributed by atoms with Crippen LogP contribution in [0.5, 0.6) is 0 Å². The molecule has 5 nitrogen and oxygen atoms in total. The third kappa shape index (κ3) is 10.4. The van der Waals surface area contributed by atoms with Crippen molar-refractivity contribution in [2.45, 2.75) is 38.8 Å². The summed E-state index contributed by atoms with van der Waals surface area (Å²) in [5.41, 5.74) is 6.00. The van der Waals surface area contributed by atoms with Crippen molar-refractivity contribution in [1.29, 1.82) is 0 Å². The van der Waals surface area contributed by atoms with Gasteiger partial charge in [-0.05, 0) is 95.4 Å². The molecule has 3 aromatic heterocycles. The molecule has 0 saturated heterocycles. The van der Waals surface area contributed by atoms with Gasteiger partial charge < -0.3 is 26.9 Å². The molecule has 12 heteroatoms. The summed E-state index contributed by atoms with van der Waals surface area (Å²) in [5, 5.41) is 4.20. The number of ether oxygens (including phenoxy) is 1. The number of carbonyl (C=O) groups excluding carboxylic acids is 1. The number of imidazole rings is 1. The second-order valence-electron chi connectivity index (χ2n) is 11.4. The van der Waals surface area contributed by atoms with Gasteiger partial charge in [-0.1, -0.05) is 49.7 Å². The topological polar surface area (TPSA) is 38.4 Å². The Balaban J connectivity index is 0.000000874. The molecule has 3 heterocycles. The number of benzene rings is 3. The van der Waals surface area contributed by atoms with Crippen LogP contribution >= 0.6 is 22.7 Å². The second kappa shape index (κ2) is 16.6. The maximum Gasteiger partial charge on any atom is 0.673 e. The Bertz CT molecular complexity index is 1790. The van der Waals surface area contributed by atoms with Gasteiger partial charge in [-0.3, -0.25) is 0 Å². The number of nitrogens with zero attached hydrogens (tertiary/aromatic N) is 3. The molecule has 0 bridgehead atoms. The number of hydrogen-bond donors (Lipinski definition) is 0. The fourth-order valence-electron chi connectivity index (χ4n) is 5.31. The first-order chi connectivity index (χ1) is 23.6. The van der Waals surface area contributed by atoms with Crippen LogP contribution in [0.25, 0.3) is 20.9 Å². The molecular weight excluding hydrogens is 669 g/mol. The molecule has 1 atom stereocenters. The number of unbranched alkanes of at least 4 members (excludes halogenated alkanes) is 1. The van der Waals surface area contributed by atoms with Gasteiger partial charge in [-0.15, -0.1) is 22.7 Å². The minimum absolute atomic E-state index is 0.185. The minimum Gasteiger partial charge on any atom is -0.455 e. The number of halogens is 4. The molecule has 0 radical (unpaired) electrons. The second-order valence-corrected chi connectivity index (χ2v) is 13.3. The highest BCUT2D eigenvalue weighted by Gasteiger charge is 2.21. The average Bonchev–Trinajstić information content (AvgIpc) is 3.89. The molecule has 0 aliphatic heterocycles.